The molecule has 4 aromatic rings. The number of carbonyl (C=O) groups excluding carboxylic acids is 6. The second-order valence-electron chi connectivity index (χ2n) is 20.0. The molecule has 24 nitrogen and oxygen atoms in total. The Morgan fingerprint density at radius 1 is 0.511 bits per heavy atom. The smallest absolute Gasteiger partial charge is 0.467 e. The zero-order valence-corrected chi connectivity index (χ0v) is 60.4. The normalized spacial score (nSPS) is 11.0. The number of ketones is 1. The Hall–Kier alpha value is -5.49. The van der Waals surface area contributed by atoms with Gasteiger partial charge >= 0.3 is 44.9 Å². The summed E-state index contributed by atoms with van der Waals surface area (Å²) in [6.45, 7) is 13.8. The number of methoxy groups -OCH3 is 6. The van der Waals surface area contributed by atoms with Gasteiger partial charge in [-0.25, -0.2) is 4.79 Å². The van der Waals surface area contributed by atoms with Crippen molar-refractivity contribution in [3.05, 3.63) is 120 Å². The number of amides is 4. The molecule has 0 bridgehead atoms. The zero-order valence-electron chi connectivity index (χ0n) is 54.5. The summed E-state index contributed by atoms with van der Waals surface area (Å²) in [5.74, 6) is -1.70. The molecule has 0 fully saturated rings. The minimum atomic E-state index is -0.873. The summed E-state index contributed by atoms with van der Waals surface area (Å²) in [6, 6.07) is 21.7. The van der Waals surface area contributed by atoms with Gasteiger partial charge in [0.05, 0.1) is 54.7 Å². The van der Waals surface area contributed by atoms with Crippen molar-refractivity contribution in [2.24, 2.45) is 5.73 Å². The Labute approximate surface area is 549 Å². The molecule has 0 spiro atoms. The number of hydrogen-bond donors (Lipinski definition) is 6. The number of hydrogen-bond acceptors (Lipinski definition) is 20. The Balaban J connectivity index is -0.00000206. The van der Waals surface area contributed by atoms with Crippen molar-refractivity contribution in [2.45, 2.75) is 130 Å². The largest absolute Gasteiger partial charge is 2.00 e. The number of likely N-dealkylation sites (N-methyl/N-ethyl adjacent to an activating group) is 1. The van der Waals surface area contributed by atoms with Gasteiger partial charge in [0, 0.05) is 113 Å². The van der Waals surface area contributed by atoms with Crippen LogP contribution >= 0.6 is 0 Å². The van der Waals surface area contributed by atoms with Crippen molar-refractivity contribution < 1.29 is 96.1 Å². The van der Waals surface area contributed by atoms with Crippen LogP contribution in [0.25, 0.3) is 0 Å². The third-order valence-corrected chi connectivity index (χ3v) is 12.0. The average molecular weight is 1340 g/mol. The number of pyridine rings is 4. The molecule has 0 aliphatic heterocycles. The molecule has 4 rings (SSSR count). The number of rotatable bonds is 38. The van der Waals surface area contributed by atoms with Gasteiger partial charge in [0.15, 0.2) is 5.78 Å². The first-order valence-corrected chi connectivity index (χ1v) is 29.1. The number of nitrogens with one attached hydrogen (secondary N) is 5. The van der Waals surface area contributed by atoms with E-state index in [0.717, 1.165) is 48.7 Å². The third kappa shape index (κ3) is 50.4. The molecule has 88 heavy (non-hydrogen) atoms. The van der Waals surface area contributed by atoms with E-state index in [1.165, 1.54) is 28.4 Å². The van der Waals surface area contributed by atoms with Crippen molar-refractivity contribution in [1.82, 2.24) is 56.3 Å². The van der Waals surface area contributed by atoms with Crippen LogP contribution in [0.2, 0.25) is 0 Å². The minimum absolute atomic E-state index is 0. The van der Waals surface area contributed by atoms with E-state index >= 15 is 0 Å². The number of aromatic nitrogens is 4. The Morgan fingerprint density at radius 2 is 0.909 bits per heavy atom. The molecule has 0 aliphatic rings. The number of nitrogens with two attached hydrogens (primary N) is 1. The maximum Gasteiger partial charge on any atom is 2.00 e. The number of nitrogens with zero attached hydrogens (tertiary/aromatic N) is 6. The monoisotopic (exact) mass is 1330 g/mol. The molecule has 0 saturated carbocycles. The van der Waals surface area contributed by atoms with Crippen LogP contribution in [0.4, 0.5) is 0 Å². The fourth-order valence-corrected chi connectivity index (χ4v) is 7.15. The molecular formula is C62H102N12O12Zn2+4. The van der Waals surface area contributed by atoms with E-state index in [4.69, 9.17) is 19.9 Å². The molecule has 0 radical (unpaired) electrons. The zero-order chi connectivity index (χ0) is 64.0. The first-order valence-electron chi connectivity index (χ1n) is 29.1. The summed E-state index contributed by atoms with van der Waals surface area (Å²) in [4.78, 5) is 94.4. The average Bonchev–Trinajstić information content (AvgIpc) is 3.64. The second kappa shape index (κ2) is 59.1. The number of esters is 1. The molecule has 4 amide bonds. The number of carbonyl (C=O) groups is 6. The summed E-state index contributed by atoms with van der Waals surface area (Å²) >= 11 is 0. The first kappa shape index (κ1) is 86.7. The maximum atomic E-state index is 13.5. The SMILES string of the molecule is CNCCNC(=O)COC.COC(C)C.COC(C)C.COCC(=O)NCCCC(=O)CNC(=O)C(CCCCN(Cc1ccccn1)Cc1ccccn1)NC(=O)C(N)CCCCN(Cc1ccccn1)Cc1ccccn1.COCC(=O)OC.[Zn+2].[Zn+2]. The van der Waals surface area contributed by atoms with Gasteiger partial charge in [-0.3, -0.25) is 53.7 Å². The van der Waals surface area contributed by atoms with Crippen LogP contribution < -0.4 is 32.3 Å². The van der Waals surface area contributed by atoms with Crippen LogP contribution in [-0.4, -0.2) is 198 Å². The predicted molar refractivity (Wildman–Crippen MR) is 332 cm³/mol. The molecule has 26 heteroatoms. The third-order valence-electron chi connectivity index (χ3n) is 12.0. The predicted octanol–water partition coefficient (Wildman–Crippen LogP) is 4.20. The molecule has 482 valence electrons. The maximum absolute atomic E-state index is 13.5. The Kier molecular flexibility index (Phi) is 58.3. The molecule has 0 aliphatic carbocycles. The molecule has 4 heterocycles. The van der Waals surface area contributed by atoms with Crippen LogP contribution in [-0.2, 0) is 122 Å². The van der Waals surface area contributed by atoms with E-state index in [9.17, 15) is 28.8 Å². The van der Waals surface area contributed by atoms with E-state index in [2.05, 4.69) is 70.5 Å². The fourth-order valence-electron chi connectivity index (χ4n) is 7.15. The van der Waals surface area contributed by atoms with Gasteiger partial charge in [0.2, 0.25) is 23.6 Å². The van der Waals surface area contributed by atoms with Crippen molar-refractivity contribution >= 4 is 35.4 Å². The van der Waals surface area contributed by atoms with Crippen LogP contribution in [0.1, 0.15) is 102 Å². The minimum Gasteiger partial charge on any atom is -0.467 e. The molecule has 2 unspecified atom stereocenters. The van der Waals surface area contributed by atoms with Crippen LogP contribution in [0, 0.1) is 0 Å². The van der Waals surface area contributed by atoms with Gasteiger partial charge in [-0.2, -0.15) is 0 Å². The van der Waals surface area contributed by atoms with Crippen molar-refractivity contribution in [2.75, 3.05) is 109 Å². The summed E-state index contributed by atoms with van der Waals surface area (Å²) in [5.41, 5.74) is 10.2. The summed E-state index contributed by atoms with van der Waals surface area (Å²) in [7, 11) is 10.9. The van der Waals surface area contributed by atoms with Gasteiger partial charge in [0.1, 0.15) is 25.9 Å². The van der Waals surface area contributed by atoms with E-state index in [0.29, 0.717) is 90.1 Å². The second-order valence-corrected chi connectivity index (χ2v) is 20.0. The molecular weight excluding hydrogens is 1240 g/mol. The van der Waals surface area contributed by atoms with Gasteiger partial charge in [-0.1, -0.05) is 30.7 Å². The van der Waals surface area contributed by atoms with E-state index in [1.807, 2.05) is 108 Å². The van der Waals surface area contributed by atoms with Crippen LogP contribution in [0.5, 0.6) is 0 Å². The molecule has 0 saturated heterocycles. The van der Waals surface area contributed by atoms with Crippen molar-refractivity contribution in [3.8, 4) is 0 Å². The number of Topliss-reactive ketones (excluding diaryl/α,β-unsaturated/α-hetero) is 1. The van der Waals surface area contributed by atoms with E-state index in [-0.39, 0.29) is 95.3 Å². The summed E-state index contributed by atoms with van der Waals surface area (Å²) in [5, 5.41) is 13.9. The molecule has 4 aromatic heterocycles. The van der Waals surface area contributed by atoms with Crippen LogP contribution in [0.15, 0.2) is 97.6 Å². The van der Waals surface area contributed by atoms with E-state index < -0.39 is 23.9 Å². The topological polar surface area (TPSA) is 302 Å². The van der Waals surface area contributed by atoms with Gasteiger partial charge in [-0.05, 0) is 135 Å². The standard InChI is InChI=1S/C44H60N10O5.C6H14N2O2.C4H8O3.2C4H10O.2Zn/c1-59-34-42(56)50-26-14-19-39(55)29-51-44(58)41(21-7-13-28-54(32-37-17-4-10-24-48-37)33-38-18-5-11-25-49-38)52-43(57)40(45)20-6-12-27-53(30-35-15-2-8-22-46-35)31-36-16-3-9-23-47-36;1-7-3-4-8-6(9)5-10-2;1-6-3-4(5)7-2;2*1-4(2)5-3;;/h2-5,8-11,15-18,22-25,40-41H,6-7,12-14,19-21,26-34,45H2,1H3,(H,50,56)(H,51,58)(H,52,57);7H,3-5H2,1-2H3,(H,8,9);3H2,1-2H3;2*4H,1-3H3;;/q;;;;;2*+2. The summed E-state index contributed by atoms with van der Waals surface area (Å²) < 4.78 is 27.5. The molecule has 0 aromatic carbocycles. The molecule has 7 N–H and O–H groups in total. The van der Waals surface area contributed by atoms with Crippen LogP contribution in [0.3, 0.4) is 0 Å². The number of ether oxygens (including phenoxy) is 6. The quantitative estimate of drug-likeness (QED) is 0.0208. The first-order chi connectivity index (χ1) is 41.4. The van der Waals surface area contributed by atoms with Gasteiger partial charge < -0.3 is 60.7 Å². The Bertz CT molecular complexity index is 2240. The van der Waals surface area contributed by atoms with Crippen molar-refractivity contribution in [3.63, 3.8) is 0 Å². The van der Waals surface area contributed by atoms with Gasteiger partial charge in [-0.15, -0.1) is 0 Å². The van der Waals surface area contributed by atoms with Gasteiger partial charge in [0.25, 0.3) is 0 Å². The fraction of sp³-hybridized carbons (Fsp3) is 0.581. The number of unbranched alkanes of at least 4 members (excludes halogenated alkanes) is 2. The molecule has 2 atom stereocenters. The van der Waals surface area contributed by atoms with Crippen molar-refractivity contribution in [1.29, 1.82) is 0 Å². The Morgan fingerprint density at radius 3 is 1.25 bits per heavy atom. The summed E-state index contributed by atoms with van der Waals surface area (Å²) in [6.07, 6.45) is 12.2. The van der Waals surface area contributed by atoms with E-state index in [1.54, 1.807) is 39.0 Å².